The Morgan fingerprint density at radius 1 is 0.737 bits per heavy atom. The Labute approximate surface area is 111 Å². The first-order valence-corrected chi connectivity index (χ1v) is 6.19. The molecule has 0 aliphatic heterocycles. The molecule has 0 aliphatic carbocycles. The fourth-order valence-electron chi connectivity index (χ4n) is 2.06. The van der Waals surface area contributed by atoms with Crippen LogP contribution in [-0.2, 0) is 0 Å². The number of aromatic amines is 1. The van der Waals surface area contributed by atoms with Gasteiger partial charge in [0.2, 0.25) is 5.78 Å². The maximum absolute atomic E-state index is 12.3. The van der Waals surface area contributed by atoms with Crippen molar-refractivity contribution in [2.45, 2.75) is 0 Å². The van der Waals surface area contributed by atoms with E-state index >= 15 is 0 Å². The maximum atomic E-state index is 12.3. The fourth-order valence-corrected chi connectivity index (χ4v) is 2.06. The number of nitrogens with one attached hydrogen (secondary N) is 1. The largest absolute Gasteiger partial charge is 0.352 e. The second-order valence-corrected chi connectivity index (χ2v) is 4.35. The lowest BCUT2D eigenvalue weighted by atomic mass is 10.1. The first-order valence-electron chi connectivity index (χ1n) is 6.19. The van der Waals surface area contributed by atoms with E-state index in [4.69, 9.17) is 0 Å². The molecule has 0 radical (unpaired) electrons. The molecule has 1 aromatic heterocycles. The molecule has 0 atom stereocenters. The average molecular weight is 247 g/mol. The third kappa shape index (κ3) is 2.33. The van der Waals surface area contributed by atoms with Gasteiger partial charge < -0.3 is 4.98 Å². The Hall–Kier alpha value is -2.61. The SMILES string of the molecule is O=C(c1ccccc1)c1ccc(-c2ccccc2)[nH]1. The number of H-pyrrole nitrogens is 1. The highest BCUT2D eigenvalue weighted by molar-refractivity contribution is 6.08. The summed E-state index contributed by atoms with van der Waals surface area (Å²) in [4.78, 5) is 15.4. The molecule has 2 nitrogen and oxygen atoms in total. The van der Waals surface area contributed by atoms with Crippen LogP contribution in [0.25, 0.3) is 11.3 Å². The van der Waals surface area contributed by atoms with Gasteiger partial charge in [0, 0.05) is 11.3 Å². The molecular formula is C17H13NO. The summed E-state index contributed by atoms with van der Waals surface area (Å²) in [5, 5.41) is 0. The van der Waals surface area contributed by atoms with E-state index in [1.165, 1.54) is 0 Å². The Balaban J connectivity index is 1.92. The summed E-state index contributed by atoms with van der Waals surface area (Å²) < 4.78 is 0. The van der Waals surface area contributed by atoms with E-state index in [0.717, 1.165) is 11.3 Å². The molecule has 1 N–H and O–H groups in total. The van der Waals surface area contributed by atoms with E-state index in [1.807, 2.05) is 72.8 Å². The van der Waals surface area contributed by atoms with Gasteiger partial charge in [0.05, 0.1) is 5.69 Å². The molecule has 2 aromatic carbocycles. The molecule has 1 heterocycles. The zero-order valence-corrected chi connectivity index (χ0v) is 10.3. The van der Waals surface area contributed by atoms with Crippen molar-refractivity contribution in [3.8, 4) is 11.3 Å². The Kier molecular flexibility index (Phi) is 2.99. The molecule has 19 heavy (non-hydrogen) atoms. The van der Waals surface area contributed by atoms with E-state index < -0.39 is 0 Å². The fraction of sp³-hybridized carbons (Fsp3) is 0. The Morgan fingerprint density at radius 3 is 2.05 bits per heavy atom. The number of carbonyl (C=O) groups is 1. The zero-order chi connectivity index (χ0) is 13.1. The number of hydrogen-bond donors (Lipinski definition) is 1. The van der Waals surface area contributed by atoms with Gasteiger partial charge in [0.1, 0.15) is 0 Å². The van der Waals surface area contributed by atoms with Crippen LogP contribution in [0.5, 0.6) is 0 Å². The summed E-state index contributed by atoms with van der Waals surface area (Å²) in [5.74, 6) is 0.0165. The van der Waals surface area contributed by atoms with Crippen LogP contribution >= 0.6 is 0 Å². The zero-order valence-electron chi connectivity index (χ0n) is 10.3. The third-order valence-corrected chi connectivity index (χ3v) is 3.05. The Bertz CT molecular complexity index is 684. The van der Waals surface area contributed by atoms with Crippen molar-refractivity contribution in [2.75, 3.05) is 0 Å². The smallest absolute Gasteiger partial charge is 0.209 e. The van der Waals surface area contributed by atoms with Crippen molar-refractivity contribution in [1.82, 2.24) is 4.98 Å². The van der Waals surface area contributed by atoms with Crippen LogP contribution in [0.15, 0.2) is 72.8 Å². The topological polar surface area (TPSA) is 32.9 Å². The minimum absolute atomic E-state index is 0.0165. The van der Waals surface area contributed by atoms with Crippen LogP contribution in [0.1, 0.15) is 16.1 Å². The van der Waals surface area contributed by atoms with Crippen LogP contribution < -0.4 is 0 Å². The van der Waals surface area contributed by atoms with Crippen LogP contribution in [0, 0.1) is 0 Å². The number of aromatic nitrogens is 1. The minimum Gasteiger partial charge on any atom is -0.352 e. The average Bonchev–Trinajstić information content (AvgIpc) is 2.98. The predicted molar refractivity (Wildman–Crippen MR) is 76.1 cm³/mol. The van der Waals surface area contributed by atoms with Gasteiger partial charge in [0.25, 0.3) is 0 Å². The molecule has 3 rings (SSSR count). The molecule has 0 spiro atoms. The van der Waals surface area contributed by atoms with E-state index in [0.29, 0.717) is 11.3 Å². The molecule has 0 unspecified atom stereocenters. The van der Waals surface area contributed by atoms with E-state index in [-0.39, 0.29) is 5.78 Å². The van der Waals surface area contributed by atoms with E-state index in [1.54, 1.807) is 0 Å². The molecule has 0 aliphatic rings. The van der Waals surface area contributed by atoms with E-state index in [2.05, 4.69) is 4.98 Å². The third-order valence-electron chi connectivity index (χ3n) is 3.05. The minimum atomic E-state index is 0.0165. The van der Waals surface area contributed by atoms with Crippen molar-refractivity contribution in [3.63, 3.8) is 0 Å². The molecule has 0 saturated carbocycles. The number of rotatable bonds is 3. The first kappa shape index (κ1) is 11.5. The van der Waals surface area contributed by atoms with E-state index in [9.17, 15) is 4.79 Å². The maximum Gasteiger partial charge on any atom is 0.209 e. The lowest BCUT2D eigenvalue weighted by Gasteiger charge is -1.99. The quantitative estimate of drug-likeness (QED) is 0.699. The second kappa shape index (κ2) is 4.94. The van der Waals surface area contributed by atoms with Gasteiger partial charge in [-0.3, -0.25) is 4.79 Å². The number of ketones is 1. The summed E-state index contributed by atoms with van der Waals surface area (Å²) in [6.07, 6.45) is 0. The second-order valence-electron chi connectivity index (χ2n) is 4.35. The highest BCUT2D eigenvalue weighted by Gasteiger charge is 2.11. The normalized spacial score (nSPS) is 10.3. The van der Waals surface area contributed by atoms with Gasteiger partial charge in [-0.25, -0.2) is 0 Å². The summed E-state index contributed by atoms with van der Waals surface area (Å²) >= 11 is 0. The van der Waals surface area contributed by atoms with Crippen molar-refractivity contribution < 1.29 is 4.79 Å². The molecule has 0 bridgehead atoms. The number of hydrogen-bond acceptors (Lipinski definition) is 1. The standard InChI is InChI=1S/C17H13NO/c19-17(14-9-5-2-6-10-14)16-12-11-15(18-16)13-7-3-1-4-8-13/h1-12,18H. The molecular weight excluding hydrogens is 234 g/mol. The monoisotopic (exact) mass is 247 g/mol. The van der Waals surface area contributed by atoms with Gasteiger partial charge in [-0.05, 0) is 17.7 Å². The van der Waals surface area contributed by atoms with Crippen LogP contribution in [0.4, 0.5) is 0 Å². The molecule has 2 heteroatoms. The van der Waals surface area contributed by atoms with Crippen LogP contribution in [-0.4, -0.2) is 10.8 Å². The molecule has 92 valence electrons. The molecule has 0 fully saturated rings. The lowest BCUT2D eigenvalue weighted by molar-refractivity contribution is 0.103. The van der Waals surface area contributed by atoms with Crippen LogP contribution in [0.3, 0.4) is 0 Å². The molecule has 3 aromatic rings. The number of carbonyl (C=O) groups excluding carboxylic acids is 1. The molecule has 0 saturated heterocycles. The van der Waals surface area contributed by atoms with Gasteiger partial charge in [0.15, 0.2) is 0 Å². The molecule has 0 amide bonds. The van der Waals surface area contributed by atoms with Crippen molar-refractivity contribution in [3.05, 3.63) is 84.1 Å². The van der Waals surface area contributed by atoms with Gasteiger partial charge in [-0.1, -0.05) is 60.7 Å². The predicted octanol–water partition coefficient (Wildman–Crippen LogP) is 3.91. The van der Waals surface area contributed by atoms with Crippen LogP contribution in [0.2, 0.25) is 0 Å². The highest BCUT2D eigenvalue weighted by Crippen LogP contribution is 2.19. The lowest BCUT2D eigenvalue weighted by Crippen LogP contribution is -2.01. The Morgan fingerprint density at radius 2 is 1.37 bits per heavy atom. The number of benzene rings is 2. The van der Waals surface area contributed by atoms with Gasteiger partial charge >= 0.3 is 0 Å². The first-order chi connectivity index (χ1) is 9.34. The summed E-state index contributed by atoms with van der Waals surface area (Å²) in [5.41, 5.74) is 3.35. The van der Waals surface area contributed by atoms with Gasteiger partial charge in [-0.2, -0.15) is 0 Å². The summed E-state index contributed by atoms with van der Waals surface area (Å²) in [6, 6.07) is 23.0. The van der Waals surface area contributed by atoms with Crippen molar-refractivity contribution in [1.29, 1.82) is 0 Å². The van der Waals surface area contributed by atoms with Crippen molar-refractivity contribution >= 4 is 5.78 Å². The highest BCUT2D eigenvalue weighted by atomic mass is 16.1. The van der Waals surface area contributed by atoms with Crippen molar-refractivity contribution in [2.24, 2.45) is 0 Å². The summed E-state index contributed by atoms with van der Waals surface area (Å²) in [6.45, 7) is 0. The van der Waals surface area contributed by atoms with Gasteiger partial charge in [-0.15, -0.1) is 0 Å². The summed E-state index contributed by atoms with van der Waals surface area (Å²) in [7, 11) is 0.